The summed E-state index contributed by atoms with van der Waals surface area (Å²) < 4.78 is 17.9. The zero-order chi connectivity index (χ0) is 24.5. The molecule has 5 heterocycles. The highest BCUT2D eigenvalue weighted by Crippen LogP contribution is 2.31. The molecule has 3 aromatic heterocycles. The number of rotatable bonds is 7. The minimum atomic E-state index is -0.568. The number of cyclic esters (lactones) is 1. The largest absolute Gasteiger partial charge is 0.488 e. The summed E-state index contributed by atoms with van der Waals surface area (Å²) in [6.07, 6.45) is 1.86. The van der Waals surface area contributed by atoms with E-state index in [0.29, 0.717) is 34.9 Å². The first-order valence-electron chi connectivity index (χ1n) is 10.7. The Kier molecular flexibility index (Phi) is 6.09. The van der Waals surface area contributed by atoms with Crippen LogP contribution in [0.1, 0.15) is 0 Å². The average Bonchev–Trinajstić information content (AvgIpc) is 3.22. The lowest BCUT2D eigenvalue weighted by atomic mass is 10.3. The maximum absolute atomic E-state index is 12.3. The molecular formula is C21H20ClN7O6. The van der Waals surface area contributed by atoms with Gasteiger partial charge in [0.15, 0.2) is 24.0 Å². The highest BCUT2D eigenvalue weighted by Gasteiger charge is 2.34. The second-order valence-electron chi connectivity index (χ2n) is 7.79. The molecule has 0 bridgehead atoms. The van der Waals surface area contributed by atoms with Crippen LogP contribution in [0.3, 0.4) is 0 Å². The predicted molar refractivity (Wildman–Crippen MR) is 124 cm³/mol. The number of anilines is 2. The molecule has 13 nitrogen and oxygen atoms in total. The van der Waals surface area contributed by atoms with Gasteiger partial charge in [-0.05, 0) is 6.07 Å². The second kappa shape index (κ2) is 9.35. The Morgan fingerprint density at radius 3 is 2.97 bits per heavy atom. The van der Waals surface area contributed by atoms with Crippen LogP contribution >= 0.6 is 11.6 Å². The number of aryl methyl sites for hydroxylation is 1. The van der Waals surface area contributed by atoms with E-state index < -0.39 is 12.2 Å². The number of fused-ring (bicyclic) bond motifs is 2. The van der Waals surface area contributed by atoms with Crippen molar-refractivity contribution < 1.29 is 23.8 Å². The zero-order valence-electron chi connectivity index (χ0n) is 18.5. The number of nitrogens with zero attached hydrogens (tertiary/aromatic N) is 5. The number of amides is 2. The van der Waals surface area contributed by atoms with Gasteiger partial charge in [-0.1, -0.05) is 11.6 Å². The van der Waals surface area contributed by atoms with Crippen LogP contribution in [0.25, 0.3) is 11.0 Å². The third-order valence-electron chi connectivity index (χ3n) is 5.41. The first kappa shape index (κ1) is 22.8. The van der Waals surface area contributed by atoms with Crippen LogP contribution in [-0.4, -0.2) is 70.5 Å². The number of ether oxygens (including phenoxy) is 3. The molecule has 2 aliphatic rings. The first-order valence-corrected chi connectivity index (χ1v) is 11.0. The highest BCUT2D eigenvalue weighted by atomic mass is 35.5. The van der Waals surface area contributed by atoms with Gasteiger partial charge in [-0.2, -0.15) is 0 Å². The SMILES string of the molecule is Cn1c(=O)ccc2ncc(Cl)c(OCCNCC3CN(c4cnc5c(n4)NC(=O)CO5)C(=O)O3)c21. The molecule has 1 saturated heterocycles. The number of carbonyl (C=O) groups excluding carboxylic acids is 2. The van der Waals surface area contributed by atoms with Crippen LogP contribution in [0, 0.1) is 0 Å². The number of halogens is 1. The van der Waals surface area contributed by atoms with Gasteiger partial charge in [0.25, 0.3) is 17.3 Å². The van der Waals surface area contributed by atoms with Crippen molar-refractivity contribution >= 4 is 46.3 Å². The molecule has 0 aromatic carbocycles. The van der Waals surface area contributed by atoms with Gasteiger partial charge in [-0.3, -0.25) is 19.5 Å². The fraction of sp³-hybridized carbons (Fsp3) is 0.333. The minimum Gasteiger partial charge on any atom is -0.488 e. The molecule has 2 N–H and O–H groups in total. The van der Waals surface area contributed by atoms with E-state index in [9.17, 15) is 14.4 Å². The number of pyridine rings is 2. The second-order valence-corrected chi connectivity index (χ2v) is 8.19. The van der Waals surface area contributed by atoms with Crippen LogP contribution in [0.5, 0.6) is 11.6 Å². The summed E-state index contributed by atoms with van der Waals surface area (Å²) in [5.41, 5.74) is 0.905. The summed E-state index contributed by atoms with van der Waals surface area (Å²) in [4.78, 5) is 49.7. The van der Waals surface area contributed by atoms with Crippen LogP contribution in [0.2, 0.25) is 5.02 Å². The Morgan fingerprint density at radius 1 is 1.26 bits per heavy atom. The van der Waals surface area contributed by atoms with Crippen LogP contribution < -0.4 is 30.6 Å². The molecule has 1 fully saturated rings. The normalized spacial score (nSPS) is 17.1. The molecule has 0 saturated carbocycles. The molecule has 2 amide bonds. The minimum absolute atomic E-state index is 0.133. The fourth-order valence-corrected chi connectivity index (χ4v) is 3.92. The highest BCUT2D eigenvalue weighted by molar-refractivity contribution is 6.32. The van der Waals surface area contributed by atoms with Crippen LogP contribution in [0.4, 0.5) is 16.4 Å². The van der Waals surface area contributed by atoms with Crippen LogP contribution in [0.15, 0.2) is 29.3 Å². The molecular weight excluding hydrogens is 482 g/mol. The fourth-order valence-electron chi connectivity index (χ4n) is 3.72. The van der Waals surface area contributed by atoms with E-state index in [1.54, 1.807) is 13.1 Å². The zero-order valence-corrected chi connectivity index (χ0v) is 19.2. The monoisotopic (exact) mass is 501 g/mol. The number of hydrogen-bond acceptors (Lipinski definition) is 10. The van der Waals surface area contributed by atoms with E-state index in [1.165, 1.54) is 27.9 Å². The first-order chi connectivity index (χ1) is 16.9. The quantitative estimate of drug-likeness (QED) is 0.443. The number of hydrogen-bond donors (Lipinski definition) is 2. The van der Waals surface area contributed by atoms with E-state index >= 15 is 0 Å². The van der Waals surface area contributed by atoms with Gasteiger partial charge in [0, 0.05) is 26.2 Å². The third kappa shape index (κ3) is 4.55. The van der Waals surface area contributed by atoms with Gasteiger partial charge < -0.3 is 29.4 Å². The molecule has 182 valence electrons. The Hall–Kier alpha value is -3.97. The molecule has 1 unspecified atom stereocenters. The van der Waals surface area contributed by atoms with Gasteiger partial charge in [-0.15, -0.1) is 0 Å². The summed E-state index contributed by atoms with van der Waals surface area (Å²) in [7, 11) is 1.63. The van der Waals surface area contributed by atoms with Crippen molar-refractivity contribution in [3.63, 3.8) is 0 Å². The molecule has 0 aliphatic carbocycles. The number of nitrogens with one attached hydrogen (secondary N) is 2. The van der Waals surface area contributed by atoms with E-state index in [0.717, 1.165) is 0 Å². The molecule has 3 aromatic rings. The number of carbonyl (C=O) groups is 2. The van der Waals surface area contributed by atoms with Gasteiger partial charge in [0.2, 0.25) is 0 Å². The summed E-state index contributed by atoms with van der Waals surface area (Å²) in [5, 5.41) is 6.03. The maximum Gasteiger partial charge on any atom is 0.416 e. The van der Waals surface area contributed by atoms with Gasteiger partial charge in [0.05, 0.1) is 24.5 Å². The topological polar surface area (TPSA) is 150 Å². The molecule has 0 spiro atoms. The Balaban J connectivity index is 1.15. The predicted octanol–water partition coefficient (Wildman–Crippen LogP) is 0.702. The molecule has 5 rings (SSSR count). The van der Waals surface area contributed by atoms with Gasteiger partial charge in [0.1, 0.15) is 23.3 Å². The molecule has 0 radical (unpaired) electrons. The Labute approximate surface area is 203 Å². The summed E-state index contributed by atoms with van der Waals surface area (Å²) >= 11 is 6.26. The van der Waals surface area contributed by atoms with Crippen LogP contribution in [-0.2, 0) is 16.6 Å². The summed E-state index contributed by atoms with van der Waals surface area (Å²) in [6.45, 7) is 1.16. The molecule has 1 atom stereocenters. The summed E-state index contributed by atoms with van der Waals surface area (Å²) in [6, 6.07) is 3.05. The van der Waals surface area contributed by atoms with E-state index in [2.05, 4.69) is 25.6 Å². The van der Waals surface area contributed by atoms with E-state index in [1.807, 2.05) is 0 Å². The molecule has 2 aliphatic heterocycles. The van der Waals surface area contributed by atoms with Crippen molar-refractivity contribution in [2.24, 2.45) is 7.05 Å². The van der Waals surface area contributed by atoms with Gasteiger partial charge >= 0.3 is 6.09 Å². The van der Waals surface area contributed by atoms with Gasteiger partial charge in [-0.25, -0.2) is 14.8 Å². The Morgan fingerprint density at radius 2 is 2.11 bits per heavy atom. The van der Waals surface area contributed by atoms with Crippen molar-refractivity contribution in [2.45, 2.75) is 6.10 Å². The lowest BCUT2D eigenvalue weighted by Gasteiger charge is -2.18. The van der Waals surface area contributed by atoms with Crippen molar-refractivity contribution in [3.8, 4) is 11.6 Å². The molecule has 35 heavy (non-hydrogen) atoms. The lowest BCUT2D eigenvalue weighted by Crippen LogP contribution is -2.33. The van der Waals surface area contributed by atoms with Crippen molar-refractivity contribution in [3.05, 3.63) is 39.9 Å². The van der Waals surface area contributed by atoms with Crippen molar-refractivity contribution in [2.75, 3.05) is 43.1 Å². The van der Waals surface area contributed by atoms with Crippen molar-refractivity contribution in [1.82, 2.24) is 24.8 Å². The van der Waals surface area contributed by atoms with E-state index in [-0.39, 0.29) is 48.7 Å². The smallest absolute Gasteiger partial charge is 0.416 e. The standard InChI is InChI=1S/C21H20ClN7O6/c1-28-16(31)3-2-13-17(28)18(12(22)7-24-13)33-5-4-23-6-11-9-29(21(32)35-11)14-8-25-20-19(26-14)27-15(30)10-34-20/h2-3,7-8,11,23H,4-6,9-10H2,1H3,(H,26,27,30). The number of aromatic nitrogens is 4. The maximum atomic E-state index is 12.3. The average molecular weight is 502 g/mol. The van der Waals surface area contributed by atoms with E-state index in [4.69, 9.17) is 25.8 Å². The summed E-state index contributed by atoms with van der Waals surface area (Å²) in [5.74, 6) is 0.626. The molecule has 14 heteroatoms. The van der Waals surface area contributed by atoms with Crippen molar-refractivity contribution in [1.29, 1.82) is 0 Å². The third-order valence-corrected chi connectivity index (χ3v) is 5.68. The lowest BCUT2D eigenvalue weighted by molar-refractivity contribution is -0.118. The Bertz CT molecular complexity index is 1380.